The van der Waals surface area contributed by atoms with Crippen molar-refractivity contribution in [3.8, 4) is 0 Å². The van der Waals surface area contributed by atoms with Gasteiger partial charge in [0.2, 0.25) is 5.91 Å². The Kier molecular flexibility index (Phi) is 5.09. The summed E-state index contributed by atoms with van der Waals surface area (Å²) in [7, 11) is 0. The third-order valence-corrected chi connectivity index (χ3v) is 5.76. The molecule has 1 saturated carbocycles. The van der Waals surface area contributed by atoms with Crippen molar-refractivity contribution in [3.05, 3.63) is 41.5 Å². The Morgan fingerprint density at radius 3 is 2.71 bits per heavy atom. The normalized spacial score (nSPS) is 27.5. The Labute approximate surface area is 145 Å². The van der Waals surface area contributed by atoms with E-state index < -0.39 is 5.60 Å². The first-order chi connectivity index (χ1) is 11.5. The zero-order valence-corrected chi connectivity index (χ0v) is 14.9. The molecule has 1 N–H and O–H groups in total. The molecule has 0 bridgehead atoms. The number of fused-ring (bicyclic) bond motifs is 1. The molecule has 1 aromatic rings. The Morgan fingerprint density at radius 1 is 1.25 bits per heavy atom. The Morgan fingerprint density at radius 2 is 2.00 bits per heavy atom. The molecular formula is C21H29NO2. The number of likely N-dealkylation sites (tertiary alicyclic amines) is 1. The van der Waals surface area contributed by atoms with Crippen LogP contribution in [0.3, 0.4) is 0 Å². The van der Waals surface area contributed by atoms with E-state index in [2.05, 4.69) is 38.1 Å². The lowest BCUT2D eigenvalue weighted by Crippen LogP contribution is -2.54. The van der Waals surface area contributed by atoms with Crippen LogP contribution >= 0.6 is 0 Å². The topological polar surface area (TPSA) is 40.5 Å². The molecule has 130 valence electrons. The molecule has 2 fully saturated rings. The van der Waals surface area contributed by atoms with E-state index in [1.807, 2.05) is 11.0 Å². The fraction of sp³-hybridized carbons (Fsp3) is 0.571. The molecule has 3 heteroatoms. The van der Waals surface area contributed by atoms with Crippen LogP contribution in [0.5, 0.6) is 0 Å². The molecule has 0 spiro atoms. The fourth-order valence-electron chi connectivity index (χ4n) is 4.04. The number of hydrogen-bond acceptors (Lipinski definition) is 2. The second-order valence-electron chi connectivity index (χ2n) is 7.74. The maximum atomic E-state index is 12.5. The summed E-state index contributed by atoms with van der Waals surface area (Å²) in [5, 5.41) is 10.7. The lowest BCUT2D eigenvalue weighted by molar-refractivity contribution is -0.138. The Hall–Kier alpha value is -1.61. The first-order valence-corrected chi connectivity index (χ1v) is 9.27. The van der Waals surface area contributed by atoms with E-state index in [0.717, 1.165) is 31.2 Å². The number of piperidine rings is 1. The summed E-state index contributed by atoms with van der Waals surface area (Å²) in [4.78, 5) is 14.4. The van der Waals surface area contributed by atoms with Crippen molar-refractivity contribution in [1.29, 1.82) is 0 Å². The average Bonchev–Trinajstić information content (AvgIpc) is 2.59. The molecule has 1 aromatic carbocycles. The third-order valence-electron chi connectivity index (χ3n) is 5.76. The first-order valence-electron chi connectivity index (χ1n) is 9.27. The summed E-state index contributed by atoms with van der Waals surface area (Å²) in [6, 6.07) is 8.38. The lowest BCUT2D eigenvalue weighted by Gasteiger charge is -2.47. The molecule has 3 rings (SSSR count). The summed E-state index contributed by atoms with van der Waals surface area (Å²) in [5.41, 5.74) is 1.84. The summed E-state index contributed by atoms with van der Waals surface area (Å²) in [6.07, 6.45) is 8.53. The van der Waals surface area contributed by atoms with E-state index in [1.54, 1.807) is 6.08 Å². The van der Waals surface area contributed by atoms with Crippen molar-refractivity contribution in [3.63, 3.8) is 0 Å². The molecule has 1 heterocycles. The number of nitrogens with zero attached hydrogens (tertiary/aromatic N) is 1. The van der Waals surface area contributed by atoms with Gasteiger partial charge in [0.25, 0.3) is 0 Å². The van der Waals surface area contributed by atoms with Crippen LogP contribution in [-0.2, 0) is 4.79 Å². The molecule has 0 unspecified atom stereocenters. The quantitative estimate of drug-likeness (QED) is 0.853. The van der Waals surface area contributed by atoms with Crippen molar-refractivity contribution in [2.45, 2.75) is 57.5 Å². The van der Waals surface area contributed by atoms with Crippen LogP contribution in [-0.4, -0.2) is 34.6 Å². The Bertz CT molecular complexity index is 605. The van der Waals surface area contributed by atoms with Crippen molar-refractivity contribution in [1.82, 2.24) is 4.90 Å². The molecule has 0 aromatic heterocycles. The van der Waals surface area contributed by atoms with Crippen LogP contribution in [0.15, 0.2) is 30.3 Å². The monoisotopic (exact) mass is 327 g/mol. The summed E-state index contributed by atoms with van der Waals surface area (Å²) in [6.45, 7) is 5.72. The molecule has 2 atom stereocenters. The van der Waals surface area contributed by atoms with E-state index in [1.165, 1.54) is 12.0 Å². The SMILES string of the molecule is CC(C)c1ccc(C=CC(=O)N2CC[C@]3(O)CCCC[C@H]3C2)cc1. The zero-order valence-electron chi connectivity index (χ0n) is 14.9. The van der Waals surface area contributed by atoms with E-state index >= 15 is 0 Å². The minimum absolute atomic E-state index is 0.0653. The highest BCUT2D eigenvalue weighted by Gasteiger charge is 2.43. The smallest absolute Gasteiger partial charge is 0.246 e. The second kappa shape index (κ2) is 7.10. The summed E-state index contributed by atoms with van der Waals surface area (Å²) >= 11 is 0. The fourth-order valence-corrected chi connectivity index (χ4v) is 4.04. The van der Waals surface area contributed by atoms with Crippen LogP contribution in [0, 0.1) is 5.92 Å². The number of carbonyl (C=O) groups excluding carboxylic acids is 1. The van der Waals surface area contributed by atoms with Gasteiger partial charge in [-0.1, -0.05) is 51.0 Å². The van der Waals surface area contributed by atoms with Crippen molar-refractivity contribution < 1.29 is 9.90 Å². The second-order valence-corrected chi connectivity index (χ2v) is 7.74. The van der Waals surface area contributed by atoms with Gasteiger partial charge in [-0.2, -0.15) is 0 Å². The largest absolute Gasteiger partial charge is 0.389 e. The number of rotatable bonds is 3. The minimum atomic E-state index is -0.522. The Balaban J connectivity index is 1.60. The predicted molar refractivity (Wildman–Crippen MR) is 97.7 cm³/mol. The first kappa shape index (κ1) is 17.2. The van der Waals surface area contributed by atoms with Gasteiger partial charge in [0.1, 0.15) is 0 Å². The van der Waals surface area contributed by atoms with E-state index in [-0.39, 0.29) is 11.8 Å². The molecule has 2 aliphatic rings. The van der Waals surface area contributed by atoms with Crippen LogP contribution in [0.4, 0.5) is 0 Å². The van der Waals surface area contributed by atoms with Crippen molar-refractivity contribution in [2.24, 2.45) is 5.92 Å². The molecule has 1 aliphatic heterocycles. The maximum absolute atomic E-state index is 12.5. The maximum Gasteiger partial charge on any atom is 0.246 e. The number of carbonyl (C=O) groups is 1. The molecular weight excluding hydrogens is 298 g/mol. The number of amides is 1. The molecule has 1 saturated heterocycles. The molecule has 1 aliphatic carbocycles. The summed E-state index contributed by atoms with van der Waals surface area (Å²) < 4.78 is 0. The van der Waals surface area contributed by atoms with E-state index in [4.69, 9.17) is 0 Å². The minimum Gasteiger partial charge on any atom is -0.389 e. The standard InChI is InChI=1S/C21H29NO2/c1-16(2)18-9-6-17(7-10-18)8-11-20(23)22-14-13-21(24)12-4-3-5-19(21)15-22/h6-11,16,19,24H,3-5,12-15H2,1-2H3/t19-,21+/m0/s1. The van der Waals surface area contributed by atoms with Crippen LogP contribution in [0.25, 0.3) is 6.08 Å². The molecule has 1 amide bonds. The van der Waals surface area contributed by atoms with Crippen LogP contribution in [0.2, 0.25) is 0 Å². The zero-order chi connectivity index (χ0) is 17.2. The van der Waals surface area contributed by atoms with Crippen molar-refractivity contribution in [2.75, 3.05) is 13.1 Å². The van der Waals surface area contributed by atoms with Gasteiger partial charge in [0, 0.05) is 25.1 Å². The highest BCUT2D eigenvalue weighted by Crippen LogP contribution is 2.39. The highest BCUT2D eigenvalue weighted by molar-refractivity contribution is 5.91. The van der Waals surface area contributed by atoms with Gasteiger partial charge < -0.3 is 10.0 Å². The highest BCUT2D eigenvalue weighted by atomic mass is 16.3. The van der Waals surface area contributed by atoms with Gasteiger partial charge in [-0.25, -0.2) is 0 Å². The van der Waals surface area contributed by atoms with Gasteiger partial charge in [0.15, 0.2) is 0 Å². The van der Waals surface area contributed by atoms with Gasteiger partial charge in [0.05, 0.1) is 5.60 Å². The third kappa shape index (κ3) is 3.72. The number of aliphatic hydroxyl groups is 1. The van der Waals surface area contributed by atoms with E-state index in [9.17, 15) is 9.90 Å². The van der Waals surface area contributed by atoms with Crippen LogP contribution in [0.1, 0.15) is 63.0 Å². The van der Waals surface area contributed by atoms with Gasteiger partial charge in [-0.15, -0.1) is 0 Å². The molecule has 24 heavy (non-hydrogen) atoms. The molecule has 0 radical (unpaired) electrons. The lowest BCUT2D eigenvalue weighted by atomic mass is 9.71. The predicted octanol–water partition coefficient (Wildman–Crippen LogP) is 3.98. The average molecular weight is 327 g/mol. The van der Waals surface area contributed by atoms with E-state index in [0.29, 0.717) is 19.0 Å². The number of benzene rings is 1. The van der Waals surface area contributed by atoms with Gasteiger partial charge >= 0.3 is 0 Å². The molecule has 3 nitrogen and oxygen atoms in total. The van der Waals surface area contributed by atoms with Gasteiger partial charge in [-0.05, 0) is 42.4 Å². The summed E-state index contributed by atoms with van der Waals surface area (Å²) in [5.74, 6) is 0.838. The number of hydrogen-bond donors (Lipinski definition) is 1. The van der Waals surface area contributed by atoms with Crippen molar-refractivity contribution >= 4 is 12.0 Å². The van der Waals surface area contributed by atoms with Gasteiger partial charge in [-0.3, -0.25) is 4.79 Å². The van der Waals surface area contributed by atoms with Crippen LogP contribution < -0.4 is 0 Å².